The highest BCUT2D eigenvalue weighted by atomic mass is 19.1. The van der Waals surface area contributed by atoms with Crippen LogP contribution in [0, 0.1) is 11.7 Å². The highest BCUT2D eigenvalue weighted by Crippen LogP contribution is 2.31. The van der Waals surface area contributed by atoms with Gasteiger partial charge in [-0.15, -0.1) is 0 Å². The van der Waals surface area contributed by atoms with Crippen LogP contribution in [0.2, 0.25) is 0 Å². The maximum Gasteiger partial charge on any atom is 0.224 e. The molecule has 0 radical (unpaired) electrons. The fourth-order valence-corrected chi connectivity index (χ4v) is 4.43. The van der Waals surface area contributed by atoms with Gasteiger partial charge in [0.25, 0.3) is 0 Å². The molecule has 0 amide bonds. The van der Waals surface area contributed by atoms with Gasteiger partial charge in [0.15, 0.2) is 5.65 Å². The summed E-state index contributed by atoms with van der Waals surface area (Å²) in [7, 11) is 0. The number of anilines is 1. The van der Waals surface area contributed by atoms with E-state index in [-0.39, 0.29) is 12.4 Å². The largest absolute Gasteiger partial charge is 0.395 e. The molecule has 8 heteroatoms. The number of fused-ring (bicyclic) bond motifs is 1. The van der Waals surface area contributed by atoms with Gasteiger partial charge in [-0.05, 0) is 62.3 Å². The standard InChI is InChI=1S/C24H33FN6O/c1-2-3-12-27-24-28-15-21-22(18-6-8-19(25)9-7-18)30-31(23(21)29-24)16-17-4-10-20(11-5-17)26-13-14-32/h6-9,15,17,20,26,32H,2-5,10-14,16H2,1H3,(H,27,28,29)/t17-,20-. The molecule has 0 unspecified atom stereocenters. The number of rotatable bonds is 10. The van der Waals surface area contributed by atoms with Crippen molar-refractivity contribution in [1.82, 2.24) is 25.1 Å². The van der Waals surface area contributed by atoms with Crippen molar-refractivity contribution in [3.63, 3.8) is 0 Å². The normalized spacial score (nSPS) is 18.8. The number of halogens is 1. The van der Waals surface area contributed by atoms with Gasteiger partial charge in [0, 0.05) is 37.4 Å². The summed E-state index contributed by atoms with van der Waals surface area (Å²) in [5.41, 5.74) is 2.47. The number of aliphatic hydroxyl groups is 1. The van der Waals surface area contributed by atoms with Crippen LogP contribution in [0.25, 0.3) is 22.3 Å². The first kappa shape index (κ1) is 22.6. The van der Waals surface area contributed by atoms with E-state index in [1.54, 1.807) is 12.1 Å². The smallest absolute Gasteiger partial charge is 0.224 e. The van der Waals surface area contributed by atoms with Crippen LogP contribution >= 0.6 is 0 Å². The van der Waals surface area contributed by atoms with Gasteiger partial charge < -0.3 is 15.7 Å². The van der Waals surface area contributed by atoms with Crippen LogP contribution in [-0.4, -0.2) is 50.6 Å². The molecule has 32 heavy (non-hydrogen) atoms. The molecule has 3 N–H and O–H groups in total. The van der Waals surface area contributed by atoms with Gasteiger partial charge in [-0.2, -0.15) is 10.1 Å². The number of aromatic nitrogens is 4. The van der Waals surface area contributed by atoms with Crippen molar-refractivity contribution < 1.29 is 9.50 Å². The molecule has 0 atom stereocenters. The predicted molar refractivity (Wildman–Crippen MR) is 125 cm³/mol. The first-order valence-electron chi connectivity index (χ1n) is 11.8. The number of hydrogen-bond acceptors (Lipinski definition) is 6. The Hall–Kier alpha value is -2.58. The minimum atomic E-state index is -0.261. The van der Waals surface area contributed by atoms with E-state index in [0.29, 0.717) is 24.5 Å². The van der Waals surface area contributed by atoms with Crippen LogP contribution in [0.5, 0.6) is 0 Å². The molecule has 1 aliphatic rings. The molecule has 1 aliphatic carbocycles. The molecule has 1 fully saturated rings. The number of aliphatic hydroxyl groups excluding tert-OH is 1. The van der Waals surface area contributed by atoms with Crippen molar-refractivity contribution in [2.75, 3.05) is 25.0 Å². The van der Waals surface area contributed by atoms with E-state index in [1.807, 2.05) is 10.9 Å². The third-order valence-corrected chi connectivity index (χ3v) is 6.24. The third kappa shape index (κ3) is 5.42. The lowest BCUT2D eigenvalue weighted by Crippen LogP contribution is -2.35. The Kier molecular flexibility index (Phi) is 7.65. The van der Waals surface area contributed by atoms with Crippen molar-refractivity contribution in [2.24, 2.45) is 5.92 Å². The van der Waals surface area contributed by atoms with Crippen LogP contribution in [0.3, 0.4) is 0 Å². The Bertz CT molecular complexity index is 998. The lowest BCUT2D eigenvalue weighted by Gasteiger charge is -2.29. The second kappa shape index (κ2) is 10.8. The second-order valence-corrected chi connectivity index (χ2v) is 8.64. The van der Waals surface area contributed by atoms with E-state index in [9.17, 15) is 4.39 Å². The number of nitrogens with zero attached hydrogens (tertiary/aromatic N) is 4. The molecule has 0 bridgehead atoms. The molecule has 2 heterocycles. The summed E-state index contributed by atoms with van der Waals surface area (Å²) >= 11 is 0. The molecule has 0 spiro atoms. The van der Waals surface area contributed by atoms with Crippen LogP contribution < -0.4 is 10.6 Å². The summed E-state index contributed by atoms with van der Waals surface area (Å²) in [6, 6.07) is 6.92. The SMILES string of the molecule is CCCCNc1ncc2c(-c3ccc(F)cc3)nn(C[C@H]3CC[C@H](NCCO)CC3)c2n1. The molecule has 1 saturated carbocycles. The Balaban J connectivity index is 1.58. The molecular weight excluding hydrogens is 407 g/mol. The van der Waals surface area contributed by atoms with Crippen molar-refractivity contribution in [3.05, 3.63) is 36.3 Å². The van der Waals surface area contributed by atoms with Gasteiger partial charge >= 0.3 is 0 Å². The van der Waals surface area contributed by atoms with E-state index >= 15 is 0 Å². The van der Waals surface area contributed by atoms with Crippen molar-refractivity contribution in [3.8, 4) is 11.3 Å². The molecule has 3 aromatic rings. The van der Waals surface area contributed by atoms with Crippen LogP contribution in [0.4, 0.5) is 10.3 Å². The summed E-state index contributed by atoms with van der Waals surface area (Å²) < 4.78 is 15.5. The van der Waals surface area contributed by atoms with Crippen LogP contribution in [-0.2, 0) is 6.54 Å². The maximum absolute atomic E-state index is 13.5. The van der Waals surface area contributed by atoms with Crippen LogP contribution in [0.1, 0.15) is 45.4 Å². The number of hydrogen-bond donors (Lipinski definition) is 3. The summed E-state index contributed by atoms with van der Waals surface area (Å²) in [5.74, 6) is 0.884. The van der Waals surface area contributed by atoms with Gasteiger partial charge in [0.2, 0.25) is 5.95 Å². The Labute approximate surface area is 188 Å². The first-order valence-corrected chi connectivity index (χ1v) is 11.8. The Morgan fingerprint density at radius 2 is 1.91 bits per heavy atom. The molecule has 0 saturated heterocycles. The van der Waals surface area contributed by atoms with Gasteiger partial charge in [-0.25, -0.2) is 14.1 Å². The maximum atomic E-state index is 13.5. The van der Waals surface area contributed by atoms with E-state index < -0.39 is 0 Å². The number of benzene rings is 1. The zero-order valence-corrected chi connectivity index (χ0v) is 18.7. The van der Waals surface area contributed by atoms with E-state index in [0.717, 1.165) is 73.9 Å². The molecule has 1 aromatic carbocycles. The number of nitrogens with one attached hydrogen (secondary N) is 2. The molecule has 4 rings (SSSR count). The second-order valence-electron chi connectivity index (χ2n) is 8.64. The van der Waals surface area contributed by atoms with Crippen molar-refractivity contribution >= 4 is 17.0 Å². The summed E-state index contributed by atoms with van der Waals surface area (Å²) in [5, 5.41) is 21.5. The molecule has 0 aliphatic heterocycles. The zero-order valence-electron chi connectivity index (χ0n) is 18.7. The highest BCUT2D eigenvalue weighted by Gasteiger charge is 2.23. The van der Waals surface area contributed by atoms with Crippen LogP contribution in [0.15, 0.2) is 30.5 Å². The molecular formula is C24H33FN6O. The molecule has 172 valence electrons. The van der Waals surface area contributed by atoms with Crippen molar-refractivity contribution in [1.29, 1.82) is 0 Å². The minimum absolute atomic E-state index is 0.180. The van der Waals surface area contributed by atoms with Gasteiger partial charge in [-0.1, -0.05) is 13.3 Å². The number of unbranched alkanes of at least 4 members (excludes halogenated alkanes) is 1. The Morgan fingerprint density at radius 3 is 2.62 bits per heavy atom. The van der Waals surface area contributed by atoms with E-state index in [4.69, 9.17) is 15.2 Å². The minimum Gasteiger partial charge on any atom is -0.395 e. The third-order valence-electron chi connectivity index (χ3n) is 6.24. The van der Waals surface area contributed by atoms with Crippen molar-refractivity contribution in [2.45, 2.75) is 58.0 Å². The lowest BCUT2D eigenvalue weighted by atomic mass is 9.86. The summed E-state index contributed by atoms with van der Waals surface area (Å²) in [6.45, 7) is 4.63. The average molecular weight is 441 g/mol. The highest BCUT2D eigenvalue weighted by molar-refractivity contribution is 5.91. The monoisotopic (exact) mass is 440 g/mol. The lowest BCUT2D eigenvalue weighted by molar-refractivity contribution is 0.240. The van der Waals surface area contributed by atoms with Gasteiger partial charge in [0.1, 0.15) is 11.5 Å². The average Bonchev–Trinajstić information content (AvgIpc) is 3.17. The fraction of sp³-hybridized carbons (Fsp3) is 0.542. The molecule has 2 aromatic heterocycles. The van der Waals surface area contributed by atoms with E-state index in [1.165, 1.54) is 12.1 Å². The summed E-state index contributed by atoms with van der Waals surface area (Å²) in [4.78, 5) is 9.30. The Morgan fingerprint density at radius 1 is 1.12 bits per heavy atom. The van der Waals surface area contributed by atoms with Gasteiger partial charge in [-0.3, -0.25) is 0 Å². The quantitative estimate of drug-likeness (QED) is 0.413. The summed E-state index contributed by atoms with van der Waals surface area (Å²) in [6.07, 6.45) is 8.44. The predicted octanol–water partition coefficient (Wildman–Crippen LogP) is 3.99. The van der Waals surface area contributed by atoms with E-state index in [2.05, 4.69) is 22.5 Å². The topological polar surface area (TPSA) is 87.9 Å². The fourth-order valence-electron chi connectivity index (χ4n) is 4.43. The van der Waals surface area contributed by atoms with Gasteiger partial charge in [0.05, 0.1) is 12.0 Å². The molecule has 7 nitrogen and oxygen atoms in total. The zero-order chi connectivity index (χ0) is 22.3. The first-order chi connectivity index (χ1) is 15.7.